The highest BCUT2D eigenvalue weighted by Gasteiger charge is 2.16. The highest BCUT2D eigenvalue weighted by atomic mass is 19.1. The predicted octanol–water partition coefficient (Wildman–Crippen LogP) is 7.24. The number of carbonyl (C=O) groups is 1. The van der Waals surface area contributed by atoms with E-state index in [9.17, 15) is 9.18 Å². The number of rotatable bonds is 10. The van der Waals surface area contributed by atoms with Crippen molar-refractivity contribution < 1.29 is 12.0 Å². The number of benzene rings is 1. The molecule has 2 atom stereocenters. The van der Waals surface area contributed by atoms with Gasteiger partial charge in [-0.3, -0.25) is 9.79 Å². The van der Waals surface area contributed by atoms with E-state index < -0.39 is 0 Å². The zero-order valence-electron chi connectivity index (χ0n) is 22.1. The van der Waals surface area contributed by atoms with Crippen molar-refractivity contribution in [1.82, 2.24) is 10.2 Å². The Morgan fingerprint density at radius 2 is 2.09 bits per heavy atom. The molecule has 0 aromatic heterocycles. The van der Waals surface area contributed by atoms with E-state index in [0.29, 0.717) is 16.8 Å². The number of anilines is 1. The molecule has 0 bridgehead atoms. The van der Waals surface area contributed by atoms with Crippen LogP contribution in [0, 0.1) is 12.8 Å². The van der Waals surface area contributed by atoms with E-state index in [2.05, 4.69) is 60.2 Å². The summed E-state index contributed by atoms with van der Waals surface area (Å²) in [5, 5.41) is 6.46. The van der Waals surface area contributed by atoms with Gasteiger partial charge in [0, 0.05) is 46.0 Å². The van der Waals surface area contributed by atoms with Crippen LogP contribution < -0.4 is 10.6 Å². The average Bonchev–Trinajstić information content (AvgIpc) is 2.81. The molecule has 35 heavy (non-hydrogen) atoms. The lowest BCUT2D eigenvalue weighted by atomic mass is 10.00. The van der Waals surface area contributed by atoms with Gasteiger partial charge in [0.15, 0.2) is 0 Å². The number of halogens is 1. The van der Waals surface area contributed by atoms with Gasteiger partial charge >= 0.3 is 0 Å². The van der Waals surface area contributed by atoms with E-state index in [-0.39, 0.29) is 33.0 Å². The Balaban J connectivity index is 0.00000648. The first kappa shape index (κ1) is 27.8. The molecular formula is C29H43FN4O. The third-order valence-electron chi connectivity index (χ3n) is 5.93. The van der Waals surface area contributed by atoms with Crippen molar-refractivity contribution in [2.24, 2.45) is 10.9 Å². The molecule has 1 amide bonds. The van der Waals surface area contributed by atoms with Gasteiger partial charge in [-0.1, -0.05) is 31.7 Å². The number of aryl methyl sites for hydroxylation is 1. The lowest BCUT2D eigenvalue weighted by molar-refractivity contribution is -0.115. The first-order valence-electron chi connectivity index (χ1n) is 12.0. The van der Waals surface area contributed by atoms with Crippen molar-refractivity contribution in [2.75, 3.05) is 18.9 Å². The van der Waals surface area contributed by atoms with Crippen molar-refractivity contribution in [1.29, 1.82) is 0 Å². The van der Waals surface area contributed by atoms with Crippen LogP contribution in [0.3, 0.4) is 0 Å². The Bertz CT molecular complexity index is 1100. The summed E-state index contributed by atoms with van der Waals surface area (Å²) in [5.74, 6) is -0.362. The van der Waals surface area contributed by atoms with Gasteiger partial charge in [-0.15, -0.1) is 0 Å². The third kappa shape index (κ3) is 8.39. The Morgan fingerprint density at radius 1 is 1.37 bits per heavy atom. The Kier molecular flexibility index (Phi) is 10.2. The van der Waals surface area contributed by atoms with Crippen LogP contribution in [0.15, 0.2) is 82.6 Å². The highest BCUT2D eigenvalue weighted by Crippen LogP contribution is 2.25. The molecule has 2 rings (SSSR count). The SMILES string of the molecule is C=C/C(=C\C(F)=C(C)C)CC(=O)Nc1ccc(C)c([C@H](C)NC2=CC(C)/C(=C\N(C)CC)N=C2)c1.[HH].[HH]. The van der Waals surface area contributed by atoms with Gasteiger partial charge < -0.3 is 15.5 Å². The number of dihydropyridines is 1. The lowest BCUT2D eigenvalue weighted by Crippen LogP contribution is -2.23. The van der Waals surface area contributed by atoms with Gasteiger partial charge in [0.1, 0.15) is 5.83 Å². The fourth-order valence-corrected chi connectivity index (χ4v) is 3.61. The van der Waals surface area contributed by atoms with E-state index in [1.807, 2.05) is 38.4 Å². The molecule has 0 fully saturated rings. The minimum Gasteiger partial charge on any atom is -0.379 e. The number of nitrogens with one attached hydrogen (secondary N) is 2. The third-order valence-corrected chi connectivity index (χ3v) is 5.93. The van der Waals surface area contributed by atoms with Crippen LogP contribution in [-0.4, -0.2) is 30.6 Å². The summed E-state index contributed by atoms with van der Waals surface area (Å²) < 4.78 is 13.9. The van der Waals surface area contributed by atoms with E-state index in [0.717, 1.165) is 29.1 Å². The molecule has 0 aliphatic carbocycles. The Hall–Kier alpha value is -3.41. The van der Waals surface area contributed by atoms with Crippen LogP contribution in [0.2, 0.25) is 0 Å². The minimum absolute atomic E-state index is 0. The number of hydrogen-bond acceptors (Lipinski definition) is 4. The quantitative estimate of drug-likeness (QED) is 0.346. The number of amides is 1. The van der Waals surface area contributed by atoms with Crippen LogP contribution in [-0.2, 0) is 4.79 Å². The van der Waals surface area contributed by atoms with Crippen molar-refractivity contribution in [3.05, 3.63) is 88.7 Å². The molecule has 0 radical (unpaired) electrons. The van der Waals surface area contributed by atoms with Crippen molar-refractivity contribution in [3.63, 3.8) is 0 Å². The van der Waals surface area contributed by atoms with E-state index in [1.165, 1.54) is 12.2 Å². The van der Waals surface area contributed by atoms with Gasteiger partial charge in [-0.05, 0) is 75.1 Å². The van der Waals surface area contributed by atoms with Crippen molar-refractivity contribution in [3.8, 4) is 0 Å². The fraction of sp³-hybridized carbons (Fsp3) is 0.379. The molecule has 1 aromatic rings. The number of aliphatic imine (C=N–C) groups is 1. The zero-order chi connectivity index (χ0) is 26.1. The second-order valence-corrected chi connectivity index (χ2v) is 9.23. The van der Waals surface area contributed by atoms with E-state index in [4.69, 9.17) is 0 Å². The van der Waals surface area contributed by atoms with Crippen LogP contribution in [0.5, 0.6) is 0 Å². The summed E-state index contributed by atoms with van der Waals surface area (Å²) in [5.41, 5.74) is 5.98. The molecular weight excluding hydrogens is 439 g/mol. The Labute approximate surface area is 212 Å². The summed E-state index contributed by atoms with van der Waals surface area (Å²) in [6.45, 7) is 16.4. The molecule has 0 saturated heterocycles. The van der Waals surface area contributed by atoms with Crippen molar-refractivity contribution >= 4 is 17.8 Å². The van der Waals surface area contributed by atoms with Gasteiger partial charge in [-0.2, -0.15) is 0 Å². The molecule has 0 spiro atoms. The van der Waals surface area contributed by atoms with Gasteiger partial charge in [0.05, 0.1) is 18.3 Å². The molecule has 1 aliphatic heterocycles. The molecule has 1 unspecified atom stereocenters. The number of carbonyl (C=O) groups excluding carboxylic acids is 1. The van der Waals surface area contributed by atoms with Gasteiger partial charge in [0.25, 0.3) is 0 Å². The van der Waals surface area contributed by atoms with Crippen LogP contribution >= 0.6 is 0 Å². The normalized spacial score (nSPS) is 17.5. The standard InChI is InChI=1S/C29H39FN4O.2H2/c1-9-23(14-27(30)19(3)4)15-29(35)33-24-12-11-20(5)26(16-24)22(7)32-25-13-21(6)28(31-17-25)18-34(8)10-2;;/h9,11-14,16-18,21-22,32H,1,10,15H2,2-8H3,(H,33,35);2*1H/b23-14+,28-18+;;/t21?,22-;;/m0../s1. The number of allylic oxidation sites excluding steroid dienone is 6. The maximum absolute atomic E-state index is 13.9. The summed E-state index contributed by atoms with van der Waals surface area (Å²) in [7, 11) is 2.04. The molecule has 0 saturated carbocycles. The summed E-state index contributed by atoms with van der Waals surface area (Å²) in [4.78, 5) is 19.3. The minimum atomic E-state index is -0.347. The first-order valence-corrected chi connectivity index (χ1v) is 12.0. The fourth-order valence-electron chi connectivity index (χ4n) is 3.61. The monoisotopic (exact) mass is 482 g/mol. The highest BCUT2D eigenvalue weighted by molar-refractivity contribution is 5.92. The van der Waals surface area contributed by atoms with E-state index in [1.54, 1.807) is 13.8 Å². The average molecular weight is 483 g/mol. The Morgan fingerprint density at radius 3 is 2.69 bits per heavy atom. The molecule has 192 valence electrons. The van der Waals surface area contributed by atoms with Gasteiger partial charge in [0.2, 0.25) is 5.91 Å². The maximum Gasteiger partial charge on any atom is 0.228 e. The number of hydrogen-bond donors (Lipinski definition) is 2. The molecule has 1 aliphatic rings. The van der Waals surface area contributed by atoms with Crippen LogP contribution in [0.1, 0.15) is 61.1 Å². The summed E-state index contributed by atoms with van der Waals surface area (Å²) in [6, 6.07) is 5.85. The molecule has 1 aromatic carbocycles. The second kappa shape index (κ2) is 12.9. The smallest absolute Gasteiger partial charge is 0.228 e. The largest absolute Gasteiger partial charge is 0.379 e. The van der Waals surface area contributed by atoms with E-state index >= 15 is 0 Å². The summed E-state index contributed by atoms with van der Waals surface area (Å²) >= 11 is 0. The number of nitrogens with zero attached hydrogens (tertiary/aromatic N) is 2. The first-order chi connectivity index (χ1) is 16.5. The maximum atomic E-state index is 13.9. The van der Waals surface area contributed by atoms with Crippen LogP contribution in [0.4, 0.5) is 10.1 Å². The molecule has 2 N–H and O–H groups in total. The van der Waals surface area contributed by atoms with Crippen molar-refractivity contribution in [2.45, 2.75) is 54.0 Å². The lowest BCUT2D eigenvalue weighted by Gasteiger charge is -2.23. The molecule has 5 nitrogen and oxygen atoms in total. The molecule has 1 heterocycles. The topological polar surface area (TPSA) is 56.7 Å². The van der Waals surface area contributed by atoms with Crippen LogP contribution in [0.25, 0.3) is 0 Å². The van der Waals surface area contributed by atoms with Gasteiger partial charge in [-0.25, -0.2) is 4.39 Å². The zero-order valence-corrected chi connectivity index (χ0v) is 22.1. The second-order valence-electron chi connectivity index (χ2n) is 9.23. The predicted molar refractivity (Wildman–Crippen MR) is 150 cm³/mol. The summed E-state index contributed by atoms with van der Waals surface area (Å²) in [6.07, 6.45) is 9.03. The molecule has 6 heteroatoms.